The van der Waals surface area contributed by atoms with Gasteiger partial charge in [-0.3, -0.25) is 4.79 Å². The summed E-state index contributed by atoms with van der Waals surface area (Å²) in [6.45, 7) is 0. The fourth-order valence-electron chi connectivity index (χ4n) is 0.928. The summed E-state index contributed by atoms with van der Waals surface area (Å²) in [6, 6.07) is 1.29. The molecule has 0 saturated carbocycles. The van der Waals surface area contributed by atoms with Crippen LogP contribution in [-0.4, -0.2) is 24.7 Å². The monoisotopic (exact) mass is 256 g/mol. The Morgan fingerprint density at radius 2 is 2.36 bits per heavy atom. The van der Waals surface area contributed by atoms with E-state index in [1.54, 1.807) is 0 Å². The topological polar surface area (TPSA) is 102 Å². The number of nitrogen functional groups attached to an aromatic ring is 1. The minimum atomic E-state index is -0.268. The Morgan fingerprint density at radius 1 is 1.57 bits per heavy atom. The molecule has 0 aliphatic heterocycles. The molecule has 2 heterocycles. The number of halogens is 1. The van der Waals surface area contributed by atoms with Crippen LogP contribution >= 0.6 is 15.9 Å². The SMILES string of the molecule is Nc1nc(Br)n(-c2cc(=O)[nH]cn2)n1. The normalized spacial score (nSPS) is 10.4. The number of aromatic amines is 1. The van der Waals surface area contributed by atoms with Crippen LogP contribution in [0.25, 0.3) is 5.82 Å². The molecule has 0 aromatic carbocycles. The quantitative estimate of drug-likeness (QED) is 0.729. The van der Waals surface area contributed by atoms with Gasteiger partial charge in [0.2, 0.25) is 10.7 Å². The maximum atomic E-state index is 11.0. The molecule has 7 nitrogen and oxygen atoms in total. The van der Waals surface area contributed by atoms with Crippen LogP contribution in [0.3, 0.4) is 0 Å². The minimum Gasteiger partial charge on any atom is -0.366 e. The number of H-pyrrole nitrogens is 1. The van der Waals surface area contributed by atoms with E-state index in [-0.39, 0.29) is 11.5 Å². The van der Waals surface area contributed by atoms with E-state index in [9.17, 15) is 4.79 Å². The van der Waals surface area contributed by atoms with Crippen LogP contribution in [-0.2, 0) is 0 Å². The van der Waals surface area contributed by atoms with Crippen molar-refractivity contribution in [2.24, 2.45) is 0 Å². The predicted molar refractivity (Wildman–Crippen MR) is 51.9 cm³/mol. The van der Waals surface area contributed by atoms with E-state index in [1.165, 1.54) is 17.1 Å². The average Bonchev–Trinajstić information content (AvgIpc) is 2.45. The molecule has 14 heavy (non-hydrogen) atoms. The fraction of sp³-hybridized carbons (Fsp3) is 0. The van der Waals surface area contributed by atoms with Crippen molar-refractivity contribution < 1.29 is 0 Å². The highest BCUT2D eigenvalue weighted by atomic mass is 79.9. The Hall–Kier alpha value is -1.70. The highest BCUT2D eigenvalue weighted by Gasteiger charge is 2.07. The molecule has 0 spiro atoms. The van der Waals surface area contributed by atoms with Gasteiger partial charge in [-0.25, -0.2) is 4.98 Å². The van der Waals surface area contributed by atoms with Crippen LogP contribution in [0.5, 0.6) is 0 Å². The van der Waals surface area contributed by atoms with Gasteiger partial charge in [0, 0.05) is 6.07 Å². The van der Waals surface area contributed by atoms with Crippen LogP contribution in [0.4, 0.5) is 5.95 Å². The third-order valence-corrected chi connectivity index (χ3v) is 1.98. The van der Waals surface area contributed by atoms with Gasteiger partial charge >= 0.3 is 0 Å². The first kappa shape index (κ1) is 8.88. The highest BCUT2D eigenvalue weighted by molar-refractivity contribution is 9.10. The van der Waals surface area contributed by atoms with Gasteiger partial charge in [0.1, 0.15) is 0 Å². The lowest BCUT2D eigenvalue weighted by Gasteiger charge is -1.97. The maximum Gasteiger partial charge on any atom is 0.252 e. The molecule has 0 bridgehead atoms. The molecule has 2 aromatic heterocycles. The molecule has 0 radical (unpaired) electrons. The van der Waals surface area contributed by atoms with Crippen molar-refractivity contribution in [1.29, 1.82) is 0 Å². The lowest BCUT2D eigenvalue weighted by atomic mass is 10.6. The lowest BCUT2D eigenvalue weighted by Crippen LogP contribution is -2.09. The van der Waals surface area contributed by atoms with Crippen molar-refractivity contribution in [2.75, 3.05) is 5.73 Å². The number of nitrogens with one attached hydrogen (secondary N) is 1. The molecule has 0 aliphatic carbocycles. The van der Waals surface area contributed by atoms with E-state index in [2.05, 4.69) is 36.0 Å². The van der Waals surface area contributed by atoms with Crippen molar-refractivity contribution in [3.63, 3.8) is 0 Å². The van der Waals surface area contributed by atoms with Gasteiger partial charge in [0.15, 0.2) is 5.82 Å². The van der Waals surface area contributed by atoms with Gasteiger partial charge in [0.05, 0.1) is 6.33 Å². The molecule has 0 saturated heterocycles. The maximum absolute atomic E-state index is 11.0. The number of rotatable bonds is 1. The summed E-state index contributed by atoms with van der Waals surface area (Å²) in [7, 11) is 0. The van der Waals surface area contributed by atoms with Crippen molar-refractivity contribution in [3.05, 3.63) is 27.5 Å². The molecule has 0 unspecified atom stereocenters. The Balaban J connectivity index is 2.59. The van der Waals surface area contributed by atoms with E-state index in [4.69, 9.17) is 5.73 Å². The molecule has 8 heteroatoms. The van der Waals surface area contributed by atoms with Crippen molar-refractivity contribution >= 4 is 21.9 Å². The van der Waals surface area contributed by atoms with E-state index in [1.807, 2.05) is 0 Å². The number of hydrogen-bond acceptors (Lipinski definition) is 5. The summed E-state index contributed by atoms with van der Waals surface area (Å²) >= 11 is 3.14. The number of aromatic nitrogens is 5. The van der Waals surface area contributed by atoms with Crippen LogP contribution in [0.2, 0.25) is 0 Å². The zero-order valence-electron chi connectivity index (χ0n) is 6.81. The first-order valence-corrected chi connectivity index (χ1v) is 4.39. The largest absolute Gasteiger partial charge is 0.366 e. The van der Waals surface area contributed by atoms with Gasteiger partial charge < -0.3 is 10.7 Å². The van der Waals surface area contributed by atoms with Crippen LogP contribution in [0.1, 0.15) is 0 Å². The molecule has 0 amide bonds. The zero-order chi connectivity index (χ0) is 10.1. The molecule has 0 atom stereocenters. The molecule has 2 aromatic rings. The highest BCUT2D eigenvalue weighted by Crippen LogP contribution is 2.11. The summed E-state index contributed by atoms with van der Waals surface area (Å²) in [4.78, 5) is 21.1. The van der Waals surface area contributed by atoms with E-state index in [0.29, 0.717) is 10.6 Å². The summed E-state index contributed by atoms with van der Waals surface area (Å²) < 4.78 is 1.72. The van der Waals surface area contributed by atoms with Gasteiger partial charge in [-0.2, -0.15) is 9.67 Å². The van der Waals surface area contributed by atoms with Gasteiger partial charge in [-0.05, 0) is 15.9 Å². The zero-order valence-corrected chi connectivity index (χ0v) is 8.39. The molecule has 3 N–H and O–H groups in total. The molecule has 0 fully saturated rings. The summed E-state index contributed by atoms with van der Waals surface area (Å²) in [6.07, 6.45) is 1.28. The van der Waals surface area contributed by atoms with Crippen molar-refractivity contribution in [2.45, 2.75) is 0 Å². The molecule has 2 rings (SSSR count). The Labute approximate surface area is 86.1 Å². The third-order valence-electron chi connectivity index (χ3n) is 1.46. The standard InChI is InChI=1S/C6H5BrN6O/c7-5-11-6(8)12-13(5)3-1-4(14)10-2-9-3/h1-2H,(H2,8,12)(H,9,10,14). The molecule has 0 aliphatic rings. The second-order valence-corrected chi connectivity index (χ2v) is 3.13. The van der Waals surface area contributed by atoms with Gasteiger partial charge in [0.25, 0.3) is 5.56 Å². The number of nitrogens with two attached hydrogens (primary N) is 1. The number of hydrogen-bond donors (Lipinski definition) is 2. The summed E-state index contributed by atoms with van der Waals surface area (Å²) in [5.41, 5.74) is 5.10. The van der Waals surface area contributed by atoms with E-state index in [0.717, 1.165) is 0 Å². The predicted octanol–water partition coefficient (Wildman–Crippen LogP) is -0.305. The lowest BCUT2D eigenvalue weighted by molar-refractivity contribution is 0.817. The first-order valence-electron chi connectivity index (χ1n) is 3.60. The molecular formula is C6H5BrN6O. The smallest absolute Gasteiger partial charge is 0.252 e. The number of nitrogens with zero attached hydrogens (tertiary/aromatic N) is 4. The second-order valence-electron chi connectivity index (χ2n) is 2.42. The van der Waals surface area contributed by atoms with E-state index >= 15 is 0 Å². The van der Waals surface area contributed by atoms with E-state index < -0.39 is 0 Å². The fourth-order valence-corrected chi connectivity index (χ4v) is 1.37. The van der Waals surface area contributed by atoms with Crippen molar-refractivity contribution in [3.8, 4) is 5.82 Å². The minimum absolute atomic E-state index is 0.110. The van der Waals surface area contributed by atoms with Crippen LogP contribution in [0.15, 0.2) is 21.9 Å². The summed E-state index contributed by atoms with van der Waals surface area (Å²) in [5, 5.41) is 3.84. The Kier molecular flexibility index (Phi) is 2.04. The molecule has 72 valence electrons. The first-order chi connectivity index (χ1) is 6.66. The molecular weight excluding hydrogens is 252 g/mol. The third kappa shape index (κ3) is 1.51. The number of anilines is 1. The Morgan fingerprint density at radius 3 is 2.93 bits per heavy atom. The summed E-state index contributed by atoms with van der Waals surface area (Å²) in [5.74, 6) is 0.462. The van der Waals surface area contributed by atoms with Gasteiger partial charge in [-0.15, -0.1) is 5.10 Å². The Bertz CT molecular complexity index is 517. The van der Waals surface area contributed by atoms with Crippen molar-refractivity contribution in [1.82, 2.24) is 24.7 Å². The van der Waals surface area contributed by atoms with Gasteiger partial charge in [-0.1, -0.05) is 0 Å². The van der Waals surface area contributed by atoms with Crippen LogP contribution < -0.4 is 11.3 Å². The second kappa shape index (κ2) is 3.22. The average molecular weight is 257 g/mol. The van der Waals surface area contributed by atoms with Crippen LogP contribution in [0, 0.1) is 0 Å².